The van der Waals surface area contributed by atoms with E-state index in [0.717, 1.165) is 22.6 Å². The number of aliphatic imine (C=N–C) groups is 2. The number of allylic oxidation sites excluding steroid dienone is 1. The molecule has 162 valence electrons. The number of aromatic amines is 2. The minimum absolute atomic E-state index is 0.187. The van der Waals surface area contributed by atoms with Crippen LogP contribution in [0, 0.1) is 5.82 Å². The van der Waals surface area contributed by atoms with Gasteiger partial charge in [0.2, 0.25) is 0 Å². The lowest BCUT2D eigenvalue weighted by atomic mass is 10.1. The average Bonchev–Trinajstić information content (AvgIpc) is 3.41. The Labute approximate surface area is 186 Å². The van der Waals surface area contributed by atoms with Crippen LogP contribution in [0.4, 0.5) is 4.39 Å². The summed E-state index contributed by atoms with van der Waals surface area (Å²) in [6.07, 6.45) is 6.35. The summed E-state index contributed by atoms with van der Waals surface area (Å²) in [7, 11) is 0. The summed E-state index contributed by atoms with van der Waals surface area (Å²) >= 11 is 0. The monoisotopic (exact) mass is 440 g/mol. The van der Waals surface area contributed by atoms with Crippen molar-refractivity contribution in [3.63, 3.8) is 0 Å². The van der Waals surface area contributed by atoms with Crippen LogP contribution in [0.3, 0.4) is 0 Å². The van der Waals surface area contributed by atoms with E-state index in [1.807, 2.05) is 13.0 Å². The molecule has 9 nitrogen and oxygen atoms in total. The van der Waals surface area contributed by atoms with E-state index in [0.29, 0.717) is 39.5 Å². The van der Waals surface area contributed by atoms with E-state index in [1.54, 1.807) is 24.7 Å². The number of pyridine rings is 2. The van der Waals surface area contributed by atoms with Gasteiger partial charge in [-0.1, -0.05) is 0 Å². The van der Waals surface area contributed by atoms with Crippen LogP contribution in [0.15, 0.2) is 58.9 Å². The van der Waals surface area contributed by atoms with Gasteiger partial charge in [-0.15, -0.1) is 0 Å². The predicted octanol–water partition coefficient (Wildman–Crippen LogP) is 4.50. The molecule has 1 aromatic carbocycles. The van der Waals surface area contributed by atoms with Gasteiger partial charge in [0.25, 0.3) is 0 Å². The number of imidazole rings is 1. The summed E-state index contributed by atoms with van der Waals surface area (Å²) in [5, 5.41) is 17.9. The fourth-order valence-corrected chi connectivity index (χ4v) is 3.54. The number of hydrogen-bond acceptors (Lipinski definition) is 6. The van der Waals surface area contributed by atoms with Gasteiger partial charge >= 0.3 is 0 Å². The zero-order valence-electron chi connectivity index (χ0n) is 17.4. The zero-order valence-corrected chi connectivity index (χ0v) is 17.4. The molecule has 5 aromatic rings. The molecule has 0 unspecified atom stereocenters. The van der Waals surface area contributed by atoms with E-state index in [9.17, 15) is 9.50 Å². The number of aromatic hydroxyl groups is 1. The average molecular weight is 440 g/mol. The number of rotatable bonds is 5. The number of H-pyrrole nitrogens is 2. The summed E-state index contributed by atoms with van der Waals surface area (Å²) in [5.41, 5.74) is 5.01. The molecule has 0 aliphatic rings. The minimum Gasteiger partial charge on any atom is -0.508 e. The summed E-state index contributed by atoms with van der Waals surface area (Å²) in [6, 6.07) is 7.50. The minimum atomic E-state index is -0.562. The summed E-state index contributed by atoms with van der Waals surface area (Å²) < 4.78 is 13.9. The first-order valence-corrected chi connectivity index (χ1v) is 9.87. The van der Waals surface area contributed by atoms with Crippen molar-refractivity contribution in [3.8, 4) is 28.5 Å². The van der Waals surface area contributed by atoms with Gasteiger partial charge in [-0.25, -0.2) is 19.4 Å². The molecule has 0 atom stereocenters. The van der Waals surface area contributed by atoms with Gasteiger partial charge in [-0.3, -0.25) is 15.1 Å². The summed E-state index contributed by atoms with van der Waals surface area (Å²) in [4.78, 5) is 24.4. The maximum atomic E-state index is 13.9. The number of hydrogen-bond donors (Lipinski definition) is 3. The first-order chi connectivity index (χ1) is 16.0. The molecular formula is C23H17FN8O. The first-order valence-electron chi connectivity index (χ1n) is 9.87. The molecule has 0 radical (unpaired) electrons. The highest BCUT2D eigenvalue weighted by atomic mass is 19.1. The first kappa shape index (κ1) is 20.2. The van der Waals surface area contributed by atoms with Crippen LogP contribution in [0.1, 0.15) is 12.5 Å². The topological polar surface area (TPSA) is 128 Å². The van der Waals surface area contributed by atoms with Crippen molar-refractivity contribution in [2.75, 3.05) is 0 Å². The van der Waals surface area contributed by atoms with Crippen molar-refractivity contribution in [2.45, 2.75) is 6.92 Å². The largest absolute Gasteiger partial charge is 0.508 e. The number of fused-ring (bicyclic) bond motifs is 2. The molecule has 0 aliphatic heterocycles. The third-order valence-electron chi connectivity index (χ3n) is 5.07. The molecule has 33 heavy (non-hydrogen) atoms. The molecule has 4 aromatic heterocycles. The molecule has 0 spiro atoms. The second-order valence-corrected chi connectivity index (χ2v) is 7.29. The summed E-state index contributed by atoms with van der Waals surface area (Å²) in [6.45, 7) is 5.28. The number of phenols is 1. The number of nitrogens with one attached hydrogen (secondary N) is 2. The third kappa shape index (κ3) is 3.74. The molecule has 0 fully saturated rings. The molecule has 4 heterocycles. The van der Waals surface area contributed by atoms with Crippen molar-refractivity contribution in [1.82, 2.24) is 30.1 Å². The second kappa shape index (κ2) is 8.08. The highest BCUT2D eigenvalue weighted by molar-refractivity contribution is 5.95. The van der Waals surface area contributed by atoms with E-state index in [2.05, 4.69) is 46.8 Å². The third-order valence-corrected chi connectivity index (χ3v) is 5.07. The van der Waals surface area contributed by atoms with Gasteiger partial charge in [-0.05, 0) is 49.0 Å². The van der Waals surface area contributed by atoms with Crippen molar-refractivity contribution in [2.24, 2.45) is 9.98 Å². The van der Waals surface area contributed by atoms with Crippen LogP contribution < -0.4 is 0 Å². The number of phenolic OH excluding ortho intramolecular Hbond substituents is 1. The van der Waals surface area contributed by atoms with Crippen LogP contribution >= 0.6 is 0 Å². The lowest BCUT2D eigenvalue weighted by molar-refractivity contribution is 0.469. The zero-order chi connectivity index (χ0) is 22.9. The molecule has 10 heteroatoms. The Balaban J connectivity index is 1.63. The van der Waals surface area contributed by atoms with Crippen molar-refractivity contribution < 1.29 is 9.50 Å². The van der Waals surface area contributed by atoms with Gasteiger partial charge in [-0.2, -0.15) is 5.10 Å². The van der Waals surface area contributed by atoms with Crippen LogP contribution in [0.5, 0.6) is 5.75 Å². The van der Waals surface area contributed by atoms with Crippen molar-refractivity contribution in [1.29, 1.82) is 0 Å². The molecule has 3 N–H and O–H groups in total. The molecule has 0 saturated heterocycles. The molecule has 0 saturated carbocycles. The lowest BCUT2D eigenvalue weighted by Gasteiger charge is -2.03. The van der Waals surface area contributed by atoms with E-state index in [-0.39, 0.29) is 5.75 Å². The number of aromatic nitrogens is 6. The smallest absolute Gasteiger partial charge is 0.159 e. The fraction of sp³-hybridized carbons (Fsp3) is 0.0435. The fourth-order valence-electron chi connectivity index (χ4n) is 3.54. The molecule has 0 aliphatic carbocycles. The van der Waals surface area contributed by atoms with E-state index < -0.39 is 5.82 Å². The van der Waals surface area contributed by atoms with Crippen molar-refractivity contribution in [3.05, 3.63) is 60.3 Å². The second-order valence-electron chi connectivity index (χ2n) is 7.29. The van der Waals surface area contributed by atoms with Gasteiger partial charge in [0.15, 0.2) is 11.5 Å². The van der Waals surface area contributed by atoms with Gasteiger partial charge < -0.3 is 10.1 Å². The normalized spacial score (nSPS) is 12.2. The van der Waals surface area contributed by atoms with E-state index in [1.165, 1.54) is 18.5 Å². The van der Waals surface area contributed by atoms with Crippen LogP contribution in [-0.2, 0) is 0 Å². The predicted molar refractivity (Wildman–Crippen MR) is 126 cm³/mol. The molecule has 0 amide bonds. The van der Waals surface area contributed by atoms with Crippen LogP contribution in [0.2, 0.25) is 0 Å². The van der Waals surface area contributed by atoms with Gasteiger partial charge in [0, 0.05) is 30.2 Å². The molecular weight excluding hydrogens is 423 g/mol. The molecule has 5 rings (SSSR count). The van der Waals surface area contributed by atoms with Gasteiger partial charge in [0.1, 0.15) is 29.1 Å². The molecule has 0 bridgehead atoms. The maximum absolute atomic E-state index is 13.9. The Morgan fingerprint density at radius 1 is 1.18 bits per heavy atom. The lowest BCUT2D eigenvalue weighted by Crippen LogP contribution is -1.87. The number of benzene rings is 1. The number of halogens is 1. The highest BCUT2D eigenvalue weighted by Crippen LogP contribution is 2.32. The van der Waals surface area contributed by atoms with Crippen LogP contribution in [-0.4, -0.2) is 48.3 Å². The van der Waals surface area contributed by atoms with E-state index >= 15 is 0 Å². The summed E-state index contributed by atoms with van der Waals surface area (Å²) in [5.74, 6) is -0.248. The highest BCUT2D eigenvalue weighted by Gasteiger charge is 2.17. The Morgan fingerprint density at radius 2 is 2.06 bits per heavy atom. The van der Waals surface area contributed by atoms with Gasteiger partial charge in [0.05, 0.1) is 16.6 Å². The maximum Gasteiger partial charge on any atom is 0.159 e. The Hall–Kier alpha value is -4.73. The SMILES string of the molecule is C=N/C=N\C=C(/C)c1cnc2[nH]nc(-c3nc4c(-c5cc(O)cc(F)c5)nccc4[nH]3)c2c1. The van der Waals surface area contributed by atoms with E-state index in [4.69, 9.17) is 0 Å². The number of nitrogens with zero attached hydrogens (tertiary/aromatic N) is 6. The standard InChI is InChI=1S/C23H17FN8O/c1-12(9-26-11-25-2)14-7-17-20(31-32-22(17)28-10-14)23-29-18-3-4-27-19(21(18)30-23)13-5-15(24)8-16(33)6-13/h3-11,33H,2H2,1H3,(H,29,30)(H,28,31,32)/b12-9+,26-11-. The Morgan fingerprint density at radius 3 is 2.88 bits per heavy atom. The van der Waals surface area contributed by atoms with Crippen LogP contribution in [0.25, 0.3) is 50.4 Å². The Bertz CT molecular complexity index is 1560. The van der Waals surface area contributed by atoms with Crippen molar-refractivity contribution >= 4 is 40.7 Å². The Kier molecular flexibility index (Phi) is 4.94. The quantitative estimate of drug-likeness (QED) is 0.274.